The highest BCUT2D eigenvalue weighted by Crippen LogP contribution is 2.21. The predicted octanol–water partition coefficient (Wildman–Crippen LogP) is 3.71. The van der Waals surface area contributed by atoms with E-state index in [4.69, 9.17) is 9.47 Å². The molecule has 27 heavy (non-hydrogen) atoms. The Hall–Kier alpha value is -1.88. The van der Waals surface area contributed by atoms with Gasteiger partial charge in [0.15, 0.2) is 0 Å². The first-order chi connectivity index (χ1) is 12.7. The van der Waals surface area contributed by atoms with Crippen molar-refractivity contribution in [2.45, 2.75) is 54.1 Å². The summed E-state index contributed by atoms with van der Waals surface area (Å²) < 4.78 is 11.0. The van der Waals surface area contributed by atoms with E-state index in [9.17, 15) is 9.59 Å². The summed E-state index contributed by atoms with van der Waals surface area (Å²) in [5, 5.41) is 0. The fourth-order valence-electron chi connectivity index (χ4n) is 3.12. The van der Waals surface area contributed by atoms with Gasteiger partial charge in [0.2, 0.25) is 0 Å². The SMILES string of the molecule is CCN(CC)CC(C)(C)COC(=O)C(Cc1ccccc1)C(C)OC(C)=O. The van der Waals surface area contributed by atoms with E-state index >= 15 is 0 Å². The summed E-state index contributed by atoms with van der Waals surface area (Å²) >= 11 is 0. The van der Waals surface area contributed by atoms with Gasteiger partial charge in [0.25, 0.3) is 0 Å². The molecule has 152 valence electrons. The third-order valence-corrected chi connectivity index (χ3v) is 4.67. The molecule has 1 aromatic carbocycles. The van der Waals surface area contributed by atoms with Crippen LogP contribution in [-0.4, -0.2) is 49.2 Å². The summed E-state index contributed by atoms with van der Waals surface area (Å²) in [5.74, 6) is -1.24. The molecule has 0 saturated carbocycles. The molecule has 1 rings (SSSR count). The van der Waals surface area contributed by atoms with Crippen LogP contribution in [0.1, 0.15) is 47.1 Å². The summed E-state index contributed by atoms with van der Waals surface area (Å²) in [5.41, 5.74) is 0.866. The van der Waals surface area contributed by atoms with E-state index in [0.717, 1.165) is 25.2 Å². The lowest BCUT2D eigenvalue weighted by atomic mass is 9.92. The first-order valence-corrected chi connectivity index (χ1v) is 9.78. The number of nitrogens with zero attached hydrogens (tertiary/aromatic N) is 1. The molecule has 0 aliphatic heterocycles. The molecule has 5 nitrogen and oxygen atoms in total. The number of esters is 2. The Balaban J connectivity index is 2.79. The van der Waals surface area contributed by atoms with Crippen molar-refractivity contribution in [3.8, 4) is 0 Å². The Morgan fingerprint density at radius 1 is 1.11 bits per heavy atom. The second-order valence-corrected chi connectivity index (χ2v) is 7.84. The Labute approximate surface area is 164 Å². The minimum absolute atomic E-state index is 0.149. The van der Waals surface area contributed by atoms with Gasteiger partial charge < -0.3 is 14.4 Å². The van der Waals surface area contributed by atoms with Crippen LogP contribution in [0.3, 0.4) is 0 Å². The first-order valence-electron chi connectivity index (χ1n) is 9.78. The van der Waals surface area contributed by atoms with Crippen LogP contribution in [0.5, 0.6) is 0 Å². The highest BCUT2D eigenvalue weighted by Gasteiger charge is 2.31. The van der Waals surface area contributed by atoms with Crippen molar-refractivity contribution in [1.29, 1.82) is 0 Å². The summed E-state index contributed by atoms with van der Waals surface area (Å²) in [6.07, 6.45) is -0.0639. The predicted molar refractivity (Wildman–Crippen MR) is 107 cm³/mol. The van der Waals surface area contributed by atoms with E-state index < -0.39 is 18.0 Å². The van der Waals surface area contributed by atoms with E-state index in [-0.39, 0.29) is 11.4 Å². The molecule has 0 amide bonds. The Morgan fingerprint density at radius 3 is 2.22 bits per heavy atom. The molecule has 2 unspecified atom stereocenters. The third-order valence-electron chi connectivity index (χ3n) is 4.67. The van der Waals surface area contributed by atoms with Crippen LogP contribution >= 0.6 is 0 Å². The van der Waals surface area contributed by atoms with Crippen molar-refractivity contribution >= 4 is 11.9 Å². The van der Waals surface area contributed by atoms with Crippen LogP contribution in [0.15, 0.2) is 30.3 Å². The van der Waals surface area contributed by atoms with Crippen molar-refractivity contribution in [2.24, 2.45) is 11.3 Å². The zero-order chi connectivity index (χ0) is 20.4. The normalized spacial score (nSPS) is 13.9. The van der Waals surface area contributed by atoms with Gasteiger partial charge in [0, 0.05) is 18.9 Å². The second kappa shape index (κ2) is 11.1. The third kappa shape index (κ3) is 8.57. The number of benzene rings is 1. The van der Waals surface area contributed by atoms with Crippen LogP contribution in [0.4, 0.5) is 0 Å². The molecule has 0 fully saturated rings. The van der Waals surface area contributed by atoms with Crippen LogP contribution in [-0.2, 0) is 25.5 Å². The van der Waals surface area contributed by atoms with E-state index in [2.05, 4.69) is 32.6 Å². The maximum absolute atomic E-state index is 12.8. The van der Waals surface area contributed by atoms with Gasteiger partial charge in [0.1, 0.15) is 6.10 Å². The molecule has 0 heterocycles. The molecule has 5 heteroatoms. The van der Waals surface area contributed by atoms with E-state index in [1.807, 2.05) is 30.3 Å². The molecule has 0 aliphatic carbocycles. The van der Waals surface area contributed by atoms with Crippen molar-refractivity contribution in [1.82, 2.24) is 4.90 Å². The highest BCUT2D eigenvalue weighted by atomic mass is 16.6. The van der Waals surface area contributed by atoms with Crippen molar-refractivity contribution in [3.05, 3.63) is 35.9 Å². The molecule has 0 radical (unpaired) electrons. The largest absolute Gasteiger partial charge is 0.465 e. The number of hydrogen-bond acceptors (Lipinski definition) is 5. The Kier molecular flexibility index (Phi) is 9.50. The molecule has 0 spiro atoms. The lowest BCUT2D eigenvalue weighted by Gasteiger charge is -2.32. The summed E-state index contributed by atoms with van der Waals surface area (Å²) in [6, 6.07) is 9.72. The van der Waals surface area contributed by atoms with Gasteiger partial charge in [-0.3, -0.25) is 9.59 Å². The number of carbonyl (C=O) groups is 2. The van der Waals surface area contributed by atoms with Gasteiger partial charge in [-0.15, -0.1) is 0 Å². The summed E-state index contributed by atoms with van der Waals surface area (Å²) in [4.78, 5) is 26.5. The van der Waals surface area contributed by atoms with Crippen LogP contribution in [0, 0.1) is 11.3 Å². The van der Waals surface area contributed by atoms with Gasteiger partial charge in [0.05, 0.1) is 12.5 Å². The van der Waals surface area contributed by atoms with Gasteiger partial charge in [-0.25, -0.2) is 0 Å². The molecule has 1 aromatic rings. The van der Waals surface area contributed by atoms with Crippen molar-refractivity contribution in [2.75, 3.05) is 26.2 Å². The summed E-state index contributed by atoms with van der Waals surface area (Å²) in [7, 11) is 0. The topological polar surface area (TPSA) is 55.8 Å². The number of ether oxygens (including phenoxy) is 2. The van der Waals surface area contributed by atoms with Crippen LogP contribution in [0.25, 0.3) is 0 Å². The van der Waals surface area contributed by atoms with Crippen LogP contribution < -0.4 is 0 Å². The quantitative estimate of drug-likeness (QED) is 0.550. The molecular formula is C22H35NO4. The van der Waals surface area contributed by atoms with Gasteiger partial charge >= 0.3 is 11.9 Å². The smallest absolute Gasteiger partial charge is 0.313 e. The van der Waals surface area contributed by atoms with Gasteiger partial charge in [-0.1, -0.05) is 58.0 Å². The zero-order valence-electron chi connectivity index (χ0n) is 17.7. The standard InChI is InChI=1S/C22H35NO4/c1-7-23(8-2)15-22(5,6)16-26-21(25)20(17(3)27-18(4)24)14-19-12-10-9-11-13-19/h9-13,17,20H,7-8,14-16H2,1-6H3. The highest BCUT2D eigenvalue weighted by molar-refractivity contribution is 5.74. The number of rotatable bonds is 11. The fraction of sp³-hybridized carbons (Fsp3) is 0.636. The minimum atomic E-state index is -0.541. The number of hydrogen-bond donors (Lipinski definition) is 0. The van der Waals surface area contributed by atoms with Crippen LogP contribution in [0.2, 0.25) is 0 Å². The van der Waals surface area contributed by atoms with Crippen molar-refractivity contribution < 1.29 is 19.1 Å². The van der Waals surface area contributed by atoms with E-state index in [0.29, 0.717) is 13.0 Å². The lowest BCUT2D eigenvalue weighted by molar-refractivity contribution is -0.162. The van der Waals surface area contributed by atoms with Gasteiger partial charge in [-0.2, -0.15) is 0 Å². The summed E-state index contributed by atoms with van der Waals surface area (Å²) in [6.45, 7) is 14.7. The average molecular weight is 378 g/mol. The molecule has 0 aromatic heterocycles. The molecular weight excluding hydrogens is 342 g/mol. The minimum Gasteiger partial charge on any atom is -0.465 e. The fourth-order valence-corrected chi connectivity index (χ4v) is 3.12. The van der Waals surface area contributed by atoms with Crippen molar-refractivity contribution in [3.63, 3.8) is 0 Å². The monoisotopic (exact) mass is 377 g/mol. The molecule has 0 aliphatic rings. The first kappa shape index (κ1) is 23.2. The second-order valence-electron chi connectivity index (χ2n) is 7.84. The average Bonchev–Trinajstić information content (AvgIpc) is 2.62. The maximum Gasteiger partial charge on any atom is 0.313 e. The number of carbonyl (C=O) groups excluding carboxylic acids is 2. The molecule has 0 saturated heterocycles. The molecule has 0 N–H and O–H groups in total. The van der Waals surface area contributed by atoms with Gasteiger partial charge in [-0.05, 0) is 32.0 Å². The van der Waals surface area contributed by atoms with E-state index in [1.165, 1.54) is 6.92 Å². The Bertz CT molecular complexity index is 581. The molecule has 0 bridgehead atoms. The Morgan fingerprint density at radius 2 is 1.70 bits per heavy atom. The molecule has 2 atom stereocenters. The van der Waals surface area contributed by atoms with E-state index in [1.54, 1.807) is 6.92 Å². The lowest BCUT2D eigenvalue weighted by Crippen LogP contribution is -2.39. The maximum atomic E-state index is 12.8. The zero-order valence-corrected chi connectivity index (χ0v) is 17.7.